The zero-order chi connectivity index (χ0) is 21.7. The molecule has 0 spiro atoms. The van der Waals surface area contributed by atoms with Crippen molar-refractivity contribution in [2.45, 2.75) is 73.0 Å². The molecule has 0 saturated heterocycles. The van der Waals surface area contributed by atoms with E-state index in [1.807, 2.05) is 45.9 Å². The van der Waals surface area contributed by atoms with Gasteiger partial charge in [-0.15, -0.1) is 0 Å². The van der Waals surface area contributed by atoms with Crippen molar-refractivity contribution in [2.24, 2.45) is 0 Å². The molecule has 1 amide bonds. The van der Waals surface area contributed by atoms with E-state index < -0.39 is 6.10 Å². The van der Waals surface area contributed by atoms with Crippen molar-refractivity contribution < 1.29 is 14.3 Å². The number of ether oxygens (including phenoxy) is 2. The van der Waals surface area contributed by atoms with Gasteiger partial charge in [0.25, 0.3) is 5.91 Å². The van der Waals surface area contributed by atoms with Crippen LogP contribution in [0.1, 0.15) is 73.9 Å². The van der Waals surface area contributed by atoms with Gasteiger partial charge >= 0.3 is 0 Å². The van der Waals surface area contributed by atoms with Gasteiger partial charge in [-0.05, 0) is 86.1 Å². The molecule has 0 radical (unpaired) electrons. The summed E-state index contributed by atoms with van der Waals surface area (Å²) in [5.41, 5.74) is 5.49. The molecule has 0 aliphatic carbocycles. The van der Waals surface area contributed by atoms with Crippen LogP contribution in [0, 0.1) is 20.8 Å². The third-order valence-corrected chi connectivity index (χ3v) is 5.34. The molecule has 0 fully saturated rings. The molecule has 29 heavy (non-hydrogen) atoms. The Hall–Kier alpha value is -2.49. The second-order valence-corrected chi connectivity index (χ2v) is 8.12. The fourth-order valence-electron chi connectivity index (χ4n) is 3.50. The average molecular weight is 398 g/mol. The van der Waals surface area contributed by atoms with E-state index in [4.69, 9.17) is 9.47 Å². The molecule has 0 bridgehead atoms. The fourth-order valence-corrected chi connectivity index (χ4v) is 3.50. The minimum atomic E-state index is -0.527. The number of rotatable bonds is 8. The van der Waals surface area contributed by atoms with Crippen molar-refractivity contribution in [3.8, 4) is 11.5 Å². The highest BCUT2D eigenvalue weighted by Crippen LogP contribution is 2.32. The summed E-state index contributed by atoms with van der Waals surface area (Å²) in [6.45, 7) is 14.3. The van der Waals surface area contributed by atoms with E-state index in [1.54, 1.807) is 7.11 Å². The van der Waals surface area contributed by atoms with E-state index in [1.165, 1.54) is 0 Å². The Bertz CT molecular complexity index is 857. The first-order chi connectivity index (χ1) is 13.7. The summed E-state index contributed by atoms with van der Waals surface area (Å²) in [7, 11) is 1.70. The van der Waals surface area contributed by atoms with Crippen LogP contribution < -0.4 is 14.8 Å². The first kappa shape index (κ1) is 22.8. The van der Waals surface area contributed by atoms with Gasteiger partial charge in [-0.1, -0.05) is 32.9 Å². The van der Waals surface area contributed by atoms with Gasteiger partial charge in [-0.3, -0.25) is 4.79 Å². The van der Waals surface area contributed by atoms with Crippen molar-refractivity contribution in [2.75, 3.05) is 7.11 Å². The Morgan fingerprint density at radius 3 is 2.24 bits per heavy atom. The molecule has 0 saturated carbocycles. The quantitative estimate of drug-likeness (QED) is 0.614. The van der Waals surface area contributed by atoms with Crippen LogP contribution in [0.3, 0.4) is 0 Å². The lowest BCUT2D eigenvalue weighted by Gasteiger charge is -2.24. The maximum Gasteiger partial charge on any atom is 0.261 e. The summed E-state index contributed by atoms with van der Waals surface area (Å²) in [5, 5.41) is 3.14. The summed E-state index contributed by atoms with van der Waals surface area (Å²) in [5.74, 6) is 1.90. The fraction of sp³-hybridized carbons (Fsp3) is 0.480. The number of hydrogen-bond donors (Lipinski definition) is 1. The van der Waals surface area contributed by atoms with Crippen molar-refractivity contribution in [3.63, 3.8) is 0 Å². The largest absolute Gasteiger partial charge is 0.496 e. The van der Waals surface area contributed by atoms with E-state index in [9.17, 15) is 4.79 Å². The molecule has 0 aromatic heterocycles. The Labute approximate surface area is 175 Å². The smallest absolute Gasteiger partial charge is 0.261 e. The lowest BCUT2D eigenvalue weighted by atomic mass is 9.93. The van der Waals surface area contributed by atoms with E-state index in [0.717, 1.165) is 39.3 Å². The SMILES string of the molecule is CCC(Oc1cc(C)ccc1C)C(=O)NC(C)c1cc(C(C)C)c(OC)cc1C. The molecule has 2 aromatic carbocycles. The van der Waals surface area contributed by atoms with E-state index in [0.29, 0.717) is 12.3 Å². The maximum atomic E-state index is 13.0. The van der Waals surface area contributed by atoms with Crippen LogP contribution in [-0.2, 0) is 4.79 Å². The predicted octanol–water partition coefficient (Wildman–Crippen LogP) is 5.78. The summed E-state index contributed by atoms with van der Waals surface area (Å²) in [6.07, 6.45) is 0.0752. The number of amides is 1. The molecule has 1 N–H and O–H groups in total. The normalized spacial score (nSPS) is 13.1. The van der Waals surface area contributed by atoms with Crippen LogP contribution in [0.15, 0.2) is 30.3 Å². The number of nitrogens with one attached hydrogen (secondary N) is 1. The zero-order valence-electron chi connectivity index (χ0n) is 19.1. The lowest BCUT2D eigenvalue weighted by Crippen LogP contribution is -2.39. The highest BCUT2D eigenvalue weighted by atomic mass is 16.5. The monoisotopic (exact) mass is 397 g/mol. The highest BCUT2D eigenvalue weighted by molar-refractivity contribution is 5.81. The van der Waals surface area contributed by atoms with Gasteiger partial charge in [0.05, 0.1) is 13.2 Å². The first-order valence-corrected chi connectivity index (χ1v) is 10.4. The Morgan fingerprint density at radius 1 is 0.966 bits per heavy atom. The molecule has 2 rings (SSSR count). The second kappa shape index (κ2) is 9.82. The van der Waals surface area contributed by atoms with Crippen LogP contribution in [0.2, 0.25) is 0 Å². The lowest BCUT2D eigenvalue weighted by molar-refractivity contribution is -0.128. The molecule has 4 nitrogen and oxygen atoms in total. The molecular formula is C25H35NO3. The molecule has 0 aliphatic heterocycles. The topological polar surface area (TPSA) is 47.6 Å². The van der Waals surface area contributed by atoms with E-state index in [-0.39, 0.29) is 11.9 Å². The number of aryl methyl sites for hydroxylation is 3. The Balaban J connectivity index is 2.20. The molecule has 2 aromatic rings. The predicted molar refractivity (Wildman–Crippen MR) is 119 cm³/mol. The van der Waals surface area contributed by atoms with Crippen LogP contribution in [0.4, 0.5) is 0 Å². The van der Waals surface area contributed by atoms with Gasteiger partial charge < -0.3 is 14.8 Å². The third-order valence-electron chi connectivity index (χ3n) is 5.34. The van der Waals surface area contributed by atoms with Crippen LogP contribution >= 0.6 is 0 Å². The highest BCUT2D eigenvalue weighted by Gasteiger charge is 2.23. The van der Waals surface area contributed by atoms with Gasteiger partial charge in [-0.2, -0.15) is 0 Å². The maximum absolute atomic E-state index is 13.0. The van der Waals surface area contributed by atoms with Crippen LogP contribution in [-0.4, -0.2) is 19.1 Å². The Morgan fingerprint density at radius 2 is 1.66 bits per heavy atom. The number of carbonyl (C=O) groups is 1. The van der Waals surface area contributed by atoms with Crippen molar-refractivity contribution in [1.29, 1.82) is 0 Å². The van der Waals surface area contributed by atoms with Gasteiger partial charge in [-0.25, -0.2) is 0 Å². The van der Waals surface area contributed by atoms with Gasteiger partial charge in [0, 0.05) is 0 Å². The molecule has 2 unspecified atom stereocenters. The minimum Gasteiger partial charge on any atom is -0.496 e. The number of benzene rings is 2. The van der Waals surface area contributed by atoms with E-state index >= 15 is 0 Å². The molecule has 158 valence electrons. The summed E-state index contributed by atoms with van der Waals surface area (Å²) >= 11 is 0. The molecule has 4 heteroatoms. The second-order valence-electron chi connectivity index (χ2n) is 8.12. The van der Waals surface area contributed by atoms with Gasteiger partial charge in [0.2, 0.25) is 0 Å². The van der Waals surface area contributed by atoms with Gasteiger partial charge in [0.1, 0.15) is 11.5 Å². The molecule has 0 aliphatic rings. The number of hydrogen-bond acceptors (Lipinski definition) is 3. The van der Waals surface area contributed by atoms with Crippen molar-refractivity contribution >= 4 is 5.91 Å². The zero-order valence-corrected chi connectivity index (χ0v) is 19.1. The van der Waals surface area contributed by atoms with Crippen LogP contribution in [0.25, 0.3) is 0 Å². The summed E-state index contributed by atoms with van der Waals surface area (Å²) in [6, 6.07) is 10.1. The average Bonchev–Trinajstić information content (AvgIpc) is 2.67. The third kappa shape index (κ3) is 5.53. The summed E-state index contributed by atoms with van der Waals surface area (Å²) in [4.78, 5) is 13.0. The number of carbonyl (C=O) groups excluding carboxylic acids is 1. The Kier molecular flexibility index (Phi) is 7.72. The van der Waals surface area contributed by atoms with E-state index in [2.05, 4.69) is 38.2 Å². The standard InChI is InChI=1S/C25H35NO3/c1-9-22(29-23-12-16(4)10-11-17(23)5)25(27)26-19(7)21-14-20(15(2)3)24(28-8)13-18(21)6/h10-15,19,22H,9H2,1-8H3,(H,26,27). The van der Waals surface area contributed by atoms with Crippen molar-refractivity contribution in [1.82, 2.24) is 5.32 Å². The van der Waals surface area contributed by atoms with Crippen molar-refractivity contribution in [3.05, 3.63) is 58.1 Å². The molecule has 2 atom stereocenters. The molecular weight excluding hydrogens is 362 g/mol. The number of methoxy groups -OCH3 is 1. The van der Waals surface area contributed by atoms with Gasteiger partial charge in [0.15, 0.2) is 6.10 Å². The molecule has 0 heterocycles. The summed E-state index contributed by atoms with van der Waals surface area (Å²) < 4.78 is 11.6. The minimum absolute atomic E-state index is 0.0952. The van der Waals surface area contributed by atoms with Crippen LogP contribution in [0.5, 0.6) is 11.5 Å². The first-order valence-electron chi connectivity index (χ1n) is 10.4.